The second-order valence-corrected chi connectivity index (χ2v) is 8.38. The van der Waals surface area contributed by atoms with Crippen LogP contribution in [-0.2, 0) is 15.1 Å². The van der Waals surface area contributed by atoms with Crippen LogP contribution in [-0.4, -0.2) is 47.8 Å². The second kappa shape index (κ2) is 8.21. The highest BCUT2D eigenvalue weighted by atomic mass is 79.9. The molecule has 0 aliphatic carbocycles. The van der Waals surface area contributed by atoms with Gasteiger partial charge >= 0.3 is 5.97 Å². The lowest BCUT2D eigenvalue weighted by Gasteiger charge is -2.44. The van der Waals surface area contributed by atoms with E-state index in [2.05, 4.69) is 26.2 Å². The number of likely N-dealkylation sites (N-methyl/N-ethyl adjacent to an activating group) is 1. The van der Waals surface area contributed by atoms with Crippen LogP contribution in [0.2, 0.25) is 0 Å². The molecule has 30 heavy (non-hydrogen) atoms. The molecule has 7 heteroatoms. The molecule has 2 bridgehead atoms. The van der Waals surface area contributed by atoms with Crippen molar-refractivity contribution in [1.82, 2.24) is 0 Å². The Kier molecular flexibility index (Phi) is 6.18. The van der Waals surface area contributed by atoms with E-state index < -0.39 is 23.2 Å². The molecular formula is C23H24BrF2NO3. The zero-order valence-electron chi connectivity index (χ0n) is 16.8. The van der Waals surface area contributed by atoms with Gasteiger partial charge in [-0.2, -0.15) is 0 Å². The molecule has 2 aliphatic rings. The largest absolute Gasteiger partial charge is 1.00 e. The minimum atomic E-state index is -2.31. The summed E-state index contributed by atoms with van der Waals surface area (Å²) in [5, 5.41) is 11.4. The molecule has 4 nitrogen and oxygen atoms in total. The monoisotopic (exact) mass is 479 g/mol. The van der Waals surface area contributed by atoms with Crippen molar-refractivity contribution in [1.29, 1.82) is 0 Å². The summed E-state index contributed by atoms with van der Waals surface area (Å²) in [7, 11) is 4.28. The number of benzene rings is 2. The van der Waals surface area contributed by atoms with E-state index in [1.807, 2.05) is 0 Å². The second-order valence-electron chi connectivity index (χ2n) is 8.38. The average molecular weight is 480 g/mol. The van der Waals surface area contributed by atoms with Crippen molar-refractivity contribution in [3.63, 3.8) is 0 Å². The SMILES string of the molecule is C[N+]1(C)C2C=CC1CC(OC(=O)C(O)(c1cccc(F)c1)c1cccc(F)c1)C2.[Br-]. The first-order valence-electron chi connectivity index (χ1n) is 9.68. The molecule has 2 unspecified atom stereocenters. The lowest BCUT2D eigenvalue weighted by Crippen LogP contribution is -3.00. The van der Waals surface area contributed by atoms with Crippen LogP contribution in [0.1, 0.15) is 24.0 Å². The van der Waals surface area contributed by atoms with Gasteiger partial charge in [-0.05, 0) is 36.4 Å². The van der Waals surface area contributed by atoms with Gasteiger partial charge in [0.1, 0.15) is 29.8 Å². The summed E-state index contributed by atoms with van der Waals surface area (Å²) in [6.07, 6.45) is 5.17. The molecule has 2 aromatic rings. The van der Waals surface area contributed by atoms with Gasteiger partial charge in [-0.25, -0.2) is 13.6 Å². The van der Waals surface area contributed by atoms with Crippen LogP contribution in [0.4, 0.5) is 8.78 Å². The summed E-state index contributed by atoms with van der Waals surface area (Å²) in [4.78, 5) is 13.2. The molecule has 1 saturated heterocycles. The fourth-order valence-electron chi connectivity index (χ4n) is 4.44. The quantitative estimate of drug-likeness (QED) is 0.389. The molecule has 0 amide bonds. The molecule has 2 aliphatic heterocycles. The van der Waals surface area contributed by atoms with Crippen LogP contribution in [0, 0.1) is 11.6 Å². The van der Waals surface area contributed by atoms with E-state index in [1.54, 1.807) is 0 Å². The van der Waals surface area contributed by atoms with E-state index in [-0.39, 0.29) is 46.3 Å². The van der Waals surface area contributed by atoms with Crippen molar-refractivity contribution in [3.8, 4) is 0 Å². The Balaban J connectivity index is 0.00000256. The normalized spacial score (nSPS) is 24.2. The number of halogens is 3. The van der Waals surface area contributed by atoms with Gasteiger partial charge in [-0.1, -0.05) is 24.3 Å². The Morgan fingerprint density at radius 2 is 1.47 bits per heavy atom. The van der Waals surface area contributed by atoms with E-state index in [0.29, 0.717) is 12.8 Å². The first-order chi connectivity index (χ1) is 13.7. The molecule has 0 aromatic heterocycles. The van der Waals surface area contributed by atoms with Gasteiger partial charge < -0.3 is 31.3 Å². The third-order valence-electron chi connectivity index (χ3n) is 6.33. The number of rotatable bonds is 4. The Bertz CT molecular complexity index is 915. The number of fused-ring (bicyclic) bond motifs is 2. The summed E-state index contributed by atoms with van der Waals surface area (Å²) in [6.45, 7) is 0. The number of hydrogen-bond donors (Lipinski definition) is 1. The summed E-state index contributed by atoms with van der Waals surface area (Å²) in [5.74, 6) is -2.14. The predicted molar refractivity (Wildman–Crippen MR) is 104 cm³/mol. The zero-order chi connectivity index (χ0) is 20.8. The van der Waals surface area contributed by atoms with Crippen molar-refractivity contribution in [3.05, 3.63) is 83.4 Å². The number of ether oxygens (including phenoxy) is 1. The maximum absolute atomic E-state index is 13.9. The Hall–Kier alpha value is -2.09. The maximum Gasteiger partial charge on any atom is 0.347 e. The van der Waals surface area contributed by atoms with E-state index in [4.69, 9.17) is 4.74 Å². The Labute approximate surface area is 185 Å². The van der Waals surface area contributed by atoms with Crippen molar-refractivity contribution >= 4 is 5.97 Å². The van der Waals surface area contributed by atoms with Crippen LogP contribution in [0.5, 0.6) is 0 Å². The molecule has 4 rings (SSSR count). The molecule has 160 valence electrons. The predicted octanol–water partition coefficient (Wildman–Crippen LogP) is 0.294. The highest BCUT2D eigenvalue weighted by molar-refractivity contribution is 5.85. The number of aliphatic hydroxyl groups is 1. The molecule has 2 heterocycles. The lowest BCUT2D eigenvalue weighted by molar-refractivity contribution is -0.926. The van der Waals surface area contributed by atoms with Gasteiger partial charge in [0.15, 0.2) is 0 Å². The third kappa shape index (κ3) is 3.82. The van der Waals surface area contributed by atoms with Crippen molar-refractivity contribution in [2.75, 3.05) is 14.1 Å². The fourth-order valence-corrected chi connectivity index (χ4v) is 4.44. The summed E-state index contributed by atoms with van der Waals surface area (Å²) >= 11 is 0. The maximum atomic E-state index is 13.9. The standard InChI is InChI=1S/C23H24F2NO3.BrH/c1-26(2)19-9-10-20(26)14-21(13-19)29-22(27)23(28,15-5-3-7-17(24)11-15)16-6-4-8-18(25)12-16;/h3-12,19-21,28H,13-14H2,1-2H3;1H/q+1;/p-1. The minimum absolute atomic E-state index is 0. The number of carbonyl (C=O) groups is 1. The van der Waals surface area contributed by atoms with Crippen molar-refractivity contribution in [2.45, 2.75) is 36.6 Å². The molecule has 0 spiro atoms. The van der Waals surface area contributed by atoms with E-state index >= 15 is 0 Å². The number of nitrogens with zero attached hydrogens (tertiary/aromatic N) is 1. The smallest absolute Gasteiger partial charge is 0.347 e. The number of piperidine rings is 1. The van der Waals surface area contributed by atoms with Gasteiger partial charge in [0, 0.05) is 24.0 Å². The fraction of sp³-hybridized carbons (Fsp3) is 0.348. The van der Waals surface area contributed by atoms with E-state index in [1.165, 1.54) is 36.4 Å². The summed E-state index contributed by atoms with van der Waals surface area (Å²) in [5.41, 5.74) is -2.30. The van der Waals surface area contributed by atoms with Crippen LogP contribution in [0.15, 0.2) is 60.7 Å². The van der Waals surface area contributed by atoms with Crippen molar-refractivity contribution < 1.29 is 44.9 Å². The van der Waals surface area contributed by atoms with E-state index in [9.17, 15) is 18.7 Å². The van der Waals surface area contributed by atoms with Crippen molar-refractivity contribution in [2.24, 2.45) is 0 Å². The molecule has 1 N–H and O–H groups in total. The first kappa shape index (κ1) is 22.6. The molecule has 0 radical (unpaired) electrons. The topological polar surface area (TPSA) is 46.5 Å². The van der Waals surface area contributed by atoms with Crippen LogP contribution >= 0.6 is 0 Å². The number of carbonyl (C=O) groups excluding carboxylic acids is 1. The average Bonchev–Trinajstić information content (AvgIpc) is 2.84. The van der Waals surface area contributed by atoms with Gasteiger partial charge in [-0.3, -0.25) is 0 Å². The van der Waals surface area contributed by atoms with Gasteiger partial charge in [0.2, 0.25) is 5.60 Å². The number of esters is 1. The molecule has 1 fully saturated rings. The van der Waals surface area contributed by atoms with Gasteiger partial charge in [0.25, 0.3) is 0 Å². The van der Waals surface area contributed by atoms with Crippen LogP contribution in [0.3, 0.4) is 0 Å². The highest BCUT2D eigenvalue weighted by Crippen LogP contribution is 2.38. The number of quaternary nitrogens is 1. The Morgan fingerprint density at radius 3 is 1.90 bits per heavy atom. The van der Waals surface area contributed by atoms with Gasteiger partial charge in [0.05, 0.1) is 14.1 Å². The molecule has 2 aromatic carbocycles. The number of hydrogen-bond acceptors (Lipinski definition) is 3. The third-order valence-corrected chi connectivity index (χ3v) is 6.33. The Morgan fingerprint density at radius 1 is 1.00 bits per heavy atom. The highest BCUT2D eigenvalue weighted by Gasteiger charge is 2.49. The molecule has 2 atom stereocenters. The zero-order valence-corrected chi connectivity index (χ0v) is 18.4. The minimum Gasteiger partial charge on any atom is -1.00 e. The van der Waals surface area contributed by atoms with Gasteiger partial charge in [-0.15, -0.1) is 0 Å². The lowest BCUT2D eigenvalue weighted by atomic mass is 9.86. The van der Waals surface area contributed by atoms with Crippen LogP contribution < -0.4 is 17.0 Å². The molecule has 0 saturated carbocycles. The van der Waals surface area contributed by atoms with Crippen LogP contribution in [0.25, 0.3) is 0 Å². The summed E-state index contributed by atoms with van der Waals surface area (Å²) < 4.78 is 34.3. The molecular weight excluding hydrogens is 456 g/mol. The first-order valence-corrected chi connectivity index (χ1v) is 9.68. The van der Waals surface area contributed by atoms with E-state index in [0.717, 1.165) is 16.6 Å². The summed E-state index contributed by atoms with van der Waals surface area (Å²) in [6, 6.07) is 10.7.